The molecule has 25 heteroatoms. The lowest BCUT2D eigenvalue weighted by atomic mass is 10.1. The third-order valence-electron chi connectivity index (χ3n) is 6.17. The van der Waals surface area contributed by atoms with Gasteiger partial charge in [0.1, 0.15) is 10.6 Å². The Bertz CT molecular complexity index is 2170. The van der Waals surface area contributed by atoms with E-state index in [-0.39, 0.29) is 56.6 Å². The van der Waals surface area contributed by atoms with Gasteiger partial charge in [0.15, 0.2) is 10.3 Å². The van der Waals surface area contributed by atoms with Gasteiger partial charge in [-0.05, 0) is 54.6 Å². The van der Waals surface area contributed by atoms with Gasteiger partial charge in [0.2, 0.25) is 5.95 Å². The number of azo groups is 1. The molecule has 1 aromatic heterocycles. The second-order valence-electron chi connectivity index (χ2n) is 9.94. The molecule has 1 heterocycles. The first-order chi connectivity index (χ1) is 24.0. The van der Waals surface area contributed by atoms with Gasteiger partial charge in [-0.25, -0.2) is 5.26 Å². The van der Waals surface area contributed by atoms with E-state index in [4.69, 9.17) is 19.1 Å². The maximum absolute atomic E-state index is 12.1. The SMILES string of the molecule is COc1cc(/N=N/c2ccc3cc(SOOO)cc(S(=O)(=O)O)c3c2)ccc1Nc1nc(SCCCS(=O)(=O)O)nc(SCCCS(=O)(=O)O)n1. The van der Waals surface area contributed by atoms with Crippen molar-refractivity contribution in [2.24, 2.45) is 10.2 Å². The predicted octanol–water partition coefficient (Wildman–Crippen LogP) is 5.61. The number of anilines is 2. The minimum atomic E-state index is -4.68. The molecule has 5 N–H and O–H groups in total. The number of ether oxygens (including phenoxy) is 1. The molecule has 3 aromatic carbocycles. The molecule has 0 amide bonds. The monoisotopic (exact) mass is 824 g/mol. The zero-order valence-electron chi connectivity index (χ0n) is 26.0. The van der Waals surface area contributed by atoms with Crippen LogP contribution >= 0.6 is 35.6 Å². The van der Waals surface area contributed by atoms with E-state index in [9.17, 15) is 29.8 Å². The molecule has 0 fully saturated rings. The Kier molecular flexibility index (Phi) is 14.3. The summed E-state index contributed by atoms with van der Waals surface area (Å²) in [4.78, 5) is 12.8. The van der Waals surface area contributed by atoms with E-state index < -0.39 is 46.8 Å². The van der Waals surface area contributed by atoms with Crippen LogP contribution in [-0.2, 0) is 39.7 Å². The molecule has 0 aliphatic rings. The van der Waals surface area contributed by atoms with Crippen LogP contribution in [-0.4, -0.2) is 89.2 Å². The van der Waals surface area contributed by atoms with Crippen molar-refractivity contribution in [3.05, 3.63) is 48.5 Å². The van der Waals surface area contributed by atoms with Crippen LogP contribution < -0.4 is 10.1 Å². The van der Waals surface area contributed by atoms with Gasteiger partial charge < -0.3 is 10.1 Å². The average molecular weight is 825 g/mol. The standard InChI is InChI=1S/C26H28N6O13S6/c1-43-22-14-18(32-31-17-5-4-16-12-19(48-45-44-33)15-23(20(16)13-17)51(40,41)42)6-7-21(22)27-24-28-25(46-8-2-10-49(34,35)36)30-26(29-24)47-9-3-11-50(37,38)39/h4-7,12-15,33H,2-3,8-11H2,1H3,(H,34,35,36)(H,37,38,39)(H,40,41,42)(H,27,28,29,30)/b32-31+. The van der Waals surface area contributed by atoms with Gasteiger partial charge >= 0.3 is 0 Å². The van der Waals surface area contributed by atoms with E-state index in [0.717, 1.165) is 29.6 Å². The Morgan fingerprint density at radius 3 is 1.92 bits per heavy atom. The van der Waals surface area contributed by atoms with Crippen molar-refractivity contribution in [3.8, 4) is 5.75 Å². The van der Waals surface area contributed by atoms with Crippen molar-refractivity contribution in [3.63, 3.8) is 0 Å². The number of nitrogens with zero attached hydrogens (tertiary/aromatic N) is 5. The molecule has 0 atom stereocenters. The summed E-state index contributed by atoms with van der Waals surface area (Å²) in [5.41, 5.74) is 0.985. The van der Waals surface area contributed by atoms with Gasteiger partial charge in [-0.2, -0.15) is 50.4 Å². The highest BCUT2D eigenvalue weighted by Crippen LogP contribution is 2.35. The highest BCUT2D eigenvalue weighted by molar-refractivity contribution is 7.99. The van der Waals surface area contributed by atoms with E-state index in [1.54, 1.807) is 30.3 Å². The van der Waals surface area contributed by atoms with E-state index in [1.807, 2.05) is 0 Å². The Morgan fingerprint density at radius 1 is 0.784 bits per heavy atom. The minimum Gasteiger partial charge on any atom is -0.494 e. The largest absolute Gasteiger partial charge is 0.494 e. The predicted molar refractivity (Wildman–Crippen MR) is 188 cm³/mol. The molecule has 0 aliphatic heterocycles. The van der Waals surface area contributed by atoms with Crippen LogP contribution in [0.5, 0.6) is 5.75 Å². The van der Waals surface area contributed by atoms with Gasteiger partial charge in [-0.3, -0.25) is 13.7 Å². The summed E-state index contributed by atoms with van der Waals surface area (Å²) in [6.07, 6.45) is 0.243. The van der Waals surface area contributed by atoms with Crippen LogP contribution in [0.15, 0.2) is 78.9 Å². The molecule has 0 radical (unpaired) electrons. The maximum atomic E-state index is 12.1. The van der Waals surface area contributed by atoms with Crippen LogP contribution in [0.4, 0.5) is 23.0 Å². The zero-order chi connectivity index (χ0) is 37.2. The molecular formula is C26H28N6O13S6. The first kappa shape index (κ1) is 40.6. The lowest BCUT2D eigenvalue weighted by Crippen LogP contribution is -2.07. The molecule has 0 spiro atoms. The summed E-state index contributed by atoms with van der Waals surface area (Å²) in [5, 5.41) is 24.3. The van der Waals surface area contributed by atoms with E-state index >= 15 is 0 Å². The van der Waals surface area contributed by atoms with Crippen molar-refractivity contribution < 1.29 is 58.3 Å². The number of hydrogen-bond acceptors (Lipinski definition) is 19. The number of hydrogen-bond donors (Lipinski definition) is 5. The summed E-state index contributed by atoms with van der Waals surface area (Å²) in [7, 11) is -11.5. The van der Waals surface area contributed by atoms with E-state index in [1.165, 1.54) is 19.2 Å². The molecule has 0 unspecified atom stereocenters. The van der Waals surface area contributed by atoms with E-state index in [2.05, 4.69) is 39.9 Å². The molecule has 0 bridgehead atoms. The fourth-order valence-electron chi connectivity index (χ4n) is 4.08. The average Bonchev–Trinajstić information content (AvgIpc) is 3.05. The summed E-state index contributed by atoms with van der Waals surface area (Å²) < 4.78 is 106. The first-order valence-electron chi connectivity index (χ1n) is 14.0. The lowest BCUT2D eigenvalue weighted by Gasteiger charge is -2.12. The van der Waals surface area contributed by atoms with Crippen molar-refractivity contribution in [1.29, 1.82) is 0 Å². The van der Waals surface area contributed by atoms with E-state index in [0.29, 0.717) is 34.6 Å². The number of aromatic nitrogens is 3. The number of fused-ring (bicyclic) bond motifs is 1. The summed E-state index contributed by atoms with van der Waals surface area (Å²) >= 11 is 2.75. The zero-order valence-corrected chi connectivity index (χ0v) is 30.9. The number of rotatable bonds is 19. The molecule has 0 saturated carbocycles. The van der Waals surface area contributed by atoms with Gasteiger partial charge in [0, 0.05) is 27.9 Å². The molecule has 0 aliphatic carbocycles. The fraction of sp³-hybridized carbons (Fsp3) is 0.269. The molecule has 0 saturated heterocycles. The van der Waals surface area contributed by atoms with Gasteiger partial charge in [-0.1, -0.05) is 34.6 Å². The quantitative estimate of drug-likeness (QED) is 0.0146. The van der Waals surface area contributed by atoms with Crippen LogP contribution in [0.25, 0.3) is 10.8 Å². The van der Waals surface area contributed by atoms with Crippen LogP contribution in [0.3, 0.4) is 0 Å². The van der Waals surface area contributed by atoms with Gasteiger partial charge in [0.05, 0.1) is 47.7 Å². The van der Waals surface area contributed by atoms with Crippen molar-refractivity contribution in [2.45, 2.75) is 32.9 Å². The van der Waals surface area contributed by atoms with Crippen LogP contribution in [0.1, 0.15) is 12.8 Å². The second kappa shape index (κ2) is 18.0. The molecule has 276 valence electrons. The number of benzene rings is 3. The molecule has 4 aromatic rings. The van der Waals surface area contributed by atoms with Gasteiger partial charge in [0.25, 0.3) is 30.4 Å². The molecule has 19 nitrogen and oxygen atoms in total. The Balaban J connectivity index is 1.56. The normalized spacial score (nSPS) is 12.5. The van der Waals surface area contributed by atoms with Crippen LogP contribution in [0.2, 0.25) is 0 Å². The third kappa shape index (κ3) is 13.4. The number of methoxy groups -OCH3 is 1. The fourth-order valence-corrected chi connectivity index (χ4v) is 8.32. The van der Waals surface area contributed by atoms with Gasteiger partial charge in [-0.15, -0.1) is 4.33 Å². The molecular weight excluding hydrogens is 797 g/mol. The van der Waals surface area contributed by atoms with Crippen molar-refractivity contribution in [2.75, 3.05) is 35.4 Å². The number of nitrogens with one attached hydrogen (secondary N) is 1. The summed E-state index contributed by atoms with van der Waals surface area (Å²) in [5.74, 6) is -0.0127. The highest BCUT2D eigenvalue weighted by atomic mass is 32.2. The topological polar surface area (TPSA) is 286 Å². The smallest absolute Gasteiger partial charge is 0.295 e. The third-order valence-corrected chi connectivity index (χ3v) is 11.1. The second-order valence-corrected chi connectivity index (χ2v) is 17.4. The maximum Gasteiger partial charge on any atom is 0.295 e. The Hall–Kier alpha value is -3.21. The van der Waals surface area contributed by atoms with Crippen molar-refractivity contribution >= 4 is 99.7 Å². The molecule has 51 heavy (non-hydrogen) atoms. The first-order valence-corrected chi connectivity index (χ1v) is 21.4. The Labute approximate surface area is 304 Å². The highest BCUT2D eigenvalue weighted by Gasteiger charge is 2.18. The summed E-state index contributed by atoms with van der Waals surface area (Å²) in [6, 6.07) is 11.9. The summed E-state index contributed by atoms with van der Waals surface area (Å²) in [6.45, 7) is 0. The van der Waals surface area contributed by atoms with Crippen molar-refractivity contribution in [1.82, 2.24) is 15.0 Å². The lowest BCUT2D eigenvalue weighted by molar-refractivity contribution is -0.432. The number of thioether (sulfide) groups is 2. The minimum absolute atomic E-state index is 0.0787. The van der Waals surface area contributed by atoms with Crippen LogP contribution in [0, 0.1) is 0 Å². The Morgan fingerprint density at radius 2 is 1.37 bits per heavy atom. The molecule has 4 rings (SSSR count).